The highest BCUT2D eigenvalue weighted by molar-refractivity contribution is 6.52. The van der Waals surface area contributed by atoms with Crippen molar-refractivity contribution in [2.45, 2.75) is 6.04 Å². The van der Waals surface area contributed by atoms with Gasteiger partial charge in [-0.1, -0.05) is 41.4 Å². The zero-order chi connectivity index (χ0) is 24.6. The van der Waals surface area contributed by atoms with Crippen LogP contribution in [0.3, 0.4) is 0 Å². The molecule has 1 fully saturated rings. The quantitative estimate of drug-likeness (QED) is 0.272. The van der Waals surface area contributed by atoms with Crippen molar-refractivity contribution in [1.29, 1.82) is 0 Å². The number of ether oxygens (including phenoxy) is 2. The standard InChI is InChI=1S/C25H18Cl2FNO5/c1-33-19-6-4-3-5-16(19)21-20(22(30)17-11-13(26)12-18(27)24(17)34-2)23(31)25(32)29(21)15-9-7-14(28)8-10-15/h3-12,21,30H,1-2H3/b22-20+. The molecule has 0 saturated carbocycles. The van der Waals surface area contributed by atoms with E-state index in [9.17, 15) is 19.1 Å². The van der Waals surface area contributed by atoms with Crippen LogP contribution in [0, 0.1) is 5.82 Å². The molecular formula is C25H18Cl2FNO5. The van der Waals surface area contributed by atoms with Gasteiger partial charge in [-0.25, -0.2) is 4.39 Å². The first kappa shape index (κ1) is 23.6. The minimum Gasteiger partial charge on any atom is -0.507 e. The molecule has 1 heterocycles. The third kappa shape index (κ3) is 3.97. The van der Waals surface area contributed by atoms with Crippen LogP contribution in [-0.4, -0.2) is 31.0 Å². The normalized spacial score (nSPS) is 17.2. The van der Waals surface area contributed by atoms with Crippen LogP contribution in [0.4, 0.5) is 10.1 Å². The van der Waals surface area contributed by atoms with Crippen molar-refractivity contribution in [1.82, 2.24) is 0 Å². The van der Waals surface area contributed by atoms with Gasteiger partial charge in [0.25, 0.3) is 11.7 Å². The number of aliphatic hydroxyl groups is 1. The van der Waals surface area contributed by atoms with Crippen LogP contribution < -0.4 is 14.4 Å². The van der Waals surface area contributed by atoms with Crippen molar-refractivity contribution >= 4 is 46.3 Å². The van der Waals surface area contributed by atoms with Gasteiger partial charge in [0.05, 0.1) is 36.4 Å². The van der Waals surface area contributed by atoms with Crippen molar-refractivity contribution in [3.8, 4) is 11.5 Å². The Morgan fingerprint density at radius 3 is 2.32 bits per heavy atom. The number of carbonyl (C=O) groups excluding carboxylic acids is 2. The number of methoxy groups -OCH3 is 2. The molecule has 0 spiro atoms. The molecule has 174 valence electrons. The summed E-state index contributed by atoms with van der Waals surface area (Å²) in [5.74, 6) is -2.43. The van der Waals surface area contributed by atoms with E-state index >= 15 is 0 Å². The van der Waals surface area contributed by atoms with Gasteiger partial charge in [-0.3, -0.25) is 14.5 Å². The largest absolute Gasteiger partial charge is 0.507 e. The predicted octanol–water partition coefficient (Wildman–Crippen LogP) is 5.78. The number of aliphatic hydroxyl groups excluding tert-OH is 1. The van der Waals surface area contributed by atoms with Crippen LogP contribution >= 0.6 is 23.2 Å². The summed E-state index contributed by atoms with van der Waals surface area (Å²) in [6, 6.07) is 13.6. The van der Waals surface area contributed by atoms with Crippen molar-refractivity contribution in [3.05, 3.63) is 93.2 Å². The van der Waals surface area contributed by atoms with E-state index in [-0.39, 0.29) is 32.6 Å². The van der Waals surface area contributed by atoms with Crippen molar-refractivity contribution in [2.75, 3.05) is 19.1 Å². The molecule has 0 aliphatic carbocycles. The molecule has 0 radical (unpaired) electrons. The molecule has 1 amide bonds. The highest BCUT2D eigenvalue weighted by Gasteiger charge is 2.48. The molecule has 4 rings (SSSR count). The number of ketones is 1. The van der Waals surface area contributed by atoms with Crippen molar-refractivity contribution in [3.63, 3.8) is 0 Å². The predicted molar refractivity (Wildman–Crippen MR) is 127 cm³/mol. The van der Waals surface area contributed by atoms with E-state index in [1.165, 1.54) is 55.5 Å². The summed E-state index contributed by atoms with van der Waals surface area (Å²) in [6.07, 6.45) is 0. The highest BCUT2D eigenvalue weighted by atomic mass is 35.5. The summed E-state index contributed by atoms with van der Waals surface area (Å²) in [5.41, 5.74) is 0.504. The van der Waals surface area contributed by atoms with Gasteiger partial charge in [0.2, 0.25) is 0 Å². The number of hydrogen-bond acceptors (Lipinski definition) is 5. The summed E-state index contributed by atoms with van der Waals surface area (Å²) in [4.78, 5) is 27.7. The Morgan fingerprint density at radius 1 is 1.00 bits per heavy atom. The van der Waals surface area contributed by atoms with E-state index in [0.29, 0.717) is 11.3 Å². The zero-order valence-corrected chi connectivity index (χ0v) is 19.5. The van der Waals surface area contributed by atoms with Crippen LogP contribution in [-0.2, 0) is 9.59 Å². The Hall–Kier alpha value is -3.55. The number of amides is 1. The smallest absolute Gasteiger partial charge is 0.300 e. The second-order valence-electron chi connectivity index (χ2n) is 7.36. The molecule has 1 aliphatic heterocycles. The molecule has 1 aliphatic rings. The SMILES string of the molecule is COc1ccccc1C1/C(=C(\O)c2cc(Cl)cc(Cl)c2OC)C(=O)C(=O)N1c1ccc(F)cc1. The number of carbonyl (C=O) groups is 2. The Morgan fingerprint density at radius 2 is 1.68 bits per heavy atom. The minimum atomic E-state index is -1.09. The lowest BCUT2D eigenvalue weighted by Gasteiger charge is -2.26. The molecule has 3 aromatic carbocycles. The zero-order valence-electron chi connectivity index (χ0n) is 18.0. The Labute approximate surface area is 204 Å². The molecule has 1 N–H and O–H groups in total. The lowest BCUT2D eigenvalue weighted by atomic mass is 9.94. The molecule has 34 heavy (non-hydrogen) atoms. The maximum absolute atomic E-state index is 13.6. The van der Waals surface area contributed by atoms with Gasteiger partial charge in [0.1, 0.15) is 23.1 Å². The summed E-state index contributed by atoms with van der Waals surface area (Å²) >= 11 is 12.4. The first-order valence-corrected chi connectivity index (χ1v) is 10.8. The van der Waals surface area contributed by atoms with E-state index < -0.39 is 29.3 Å². The number of halogens is 3. The maximum atomic E-state index is 13.6. The molecule has 9 heteroatoms. The Bertz CT molecular complexity index is 1320. The molecule has 3 aromatic rings. The van der Waals surface area contributed by atoms with Crippen LogP contribution in [0.5, 0.6) is 11.5 Å². The van der Waals surface area contributed by atoms with E-state index in [0.717, 1.165) is 0 Å². The second kappa shape index (κ2) is 9.37. The molecule has 0 bridgehead atoms. The lowest BCUT2D eigenvalue weighted by Crippen LogP contribution is -2.29. The van der Waals surface area contributed by atoms with Gasteiger partial charge in [-0.05, 0) is 42.5 Å². The van der Waals surface area contributed by atoms with Crippen molar-refractivity contribution in [2.24, 2.45) is 0 Å². The summed E-state index contributed by atoms with van der Waals surface area (Å²) in [6.45, 7) is 0. The van der Waals surface area contributed by atoms with Gasteiger partial charge < -0.3 is 14.6 Å². The number of nitrogens with zero attached hydrogens (tertiary/aromatic N) is 1. The van der Waals surface area contributed by atoms with Crippen LogP contribution in [0.2, 0.25) is 10.0 Å². The molecule has 1 saturated heterocycles. The monoisotopic (exact) mass is 501 g/mol. The van der Waals surface area contributed by atoms with Crippen LogP contribution in [0.15, 0.2) is 66.2 Å². The number of rotatable bonds is 5. The summed E-state index contributed by atoms with van der Waals surface area (Å²) < 4.78 is 24.4. The first-order valence-electron chi connectivity index (χ1n) is 10.0. The number of benzene rings is 3. The first-order chi connectivity index (χ1) is 16.3. The fourth-order valence-electron chi connectivity index (χ4n) is 3.98. The van der Waals surface area contributed by atoms with Gasteiger partial charge in [-0.2, -0.15) is 0 Å². The van der Waals surface area contributed by atoms with Gasteiger partial charge in [-0.15, -0.1) is 0 Å². The van der Waals surface area contributed by atoms with E-state index in [4.69, 9.17) is 32.7 Å². The number of hydrogen-bond donors (Lipinski definition) is 1. The topological polar surface area (TPSA) is 76.1 Å². The van der Waals surface area contributed by atoms with Crippen LogP contribution in [0.25, 0.3) is 5.76 Å². The van der Waals surface area contributed by atoms with E-state index in [1.54, 1.807) is 24.3 Å². The maximum Gasteiger partial charge on any atom is 0.300 e. The third-order valence-corrected chi connectivity index (χ3v) is 5.95. The van der Waals surface area contributed by atoms with E-state index in [1.807, 2.05) is 0 Å². The second-order valence-corrected chi connectivity index (χ2v) is 8.20. The fourth-order valence-corrected chi connectivity index (χ4v) is 4.55. The number of anilines is 1. The third-order valence-electron chi connectivity index (χ3n) is 5.45. The fraction of sp³-hybridized carbons (Fsp3) is 0.120. The molecule has 1 unspecified atom stereocenters. The highest BCUT2D eigenvalue weighted by Crippen LogP contribution is 2.46. The molecular weight excluding hydrogens is 484 g/mol. The van der Waals surface area contributed by atoms with Gasteiger partial charge in [0, 0.05) is 16.3 Å². The minimum absolute atomic E-state index is 0.0389. The number of Topliss-reactive ketones (excluding diaryl/α,β-unsaturated/α-hetero) is 1. The Kier molecular flexibility index (Phi) is 6.50. The number of para-hydroxylation sites is 1. The Balaban J connectivity index is 2.04. The molecule has 1 atom stereocenters. The lowest BCUT2D eigenvalue weighted by molar-refractivity contribution is -0.132. The molecule has 6 nitrogen and oxygen atoms in total. The van der Waals surface area contributed by atoms with Crippen LogP contribution in [0.1, 0.15) is 17.2 Å². The van der Waals surface area contributed by atoms with Crippen molar-refractivity contribution < 1.29 is 28.6 Å². The summed E-state index contributed by atoms with van der Waals surface area (Å²) in [7, 11) is 2.80. The van der Waals surface area contributed by atoms with Gasteiger partial charge in [0.15, 0.2) is 0 Å². The van der Waals surface area contributed by atoms with Gasteiger partial charge >= 0.3 is 0 Å². The average Bonchev–Trinajstić information content (AvgIpc) is 3.09. The van der Waals surface area contributed by atoms with E-state index in [2.05, 4.69) is 0 Å². The summed E-state index contributed by atoms with van der Waals surface area (Å²) in [5, 5.41) is 11.7. The average molecular weight is 502 g/mol. The molecule has 0 aromatic heterocycles.